The molecule has 1 N–H and O–H groups in total. The van der Waals surface area contributed by atoms with E-state index in [0.717, 1.165) is 68.8 Å². The van der Waals surface area contributed by atoms with E-state index in [9.17, 15) is 14.4 Å². The Morgan fingerprint density at radius 1 is 1.06 bits per heavy atom. The number of hydrogen-bond donors (Lipinski definition) is 1. The molecule has 0 radical (unpaired) electrons. The molecule has 2 atom stereocenters. The monoisotopic (exact) mass is 497 g/mol. The maximum absolute atomic E-state index is 13.1. The van der Waals surface area contributed by atoms with Crippen LogP contribution in [0, 0.1) is 5.92 Å². The van der Waals surface area contributed by atoms with Crippen LogP contribution in [0.15, 0.2) is 18.2 Å². The number of likely N-dealkylation sites (tertiary alicyclic amines) is 1. The first-order valence-electron chi connectivity index (χ1n) is 13.5. The van der Waals surface area contributed by atoms with E-state index in [1.54, 1.807) is 4.90 Å². The molecule has 3 aliphatic heterocycles. The first kappa shape index (κ1) is 25.0. The molecule has 1 aromatic carbocycles. The summed E-state index contributed by atoms with van der Waals surface area (Å²) >= 11 is 0. The van der Waals surface area contributed by atoms with Gasteiger partial charge in [-0.2, -0.15) is 0 Å². The molecule has 2 saturated heterocycles. The van der Waals surface area contributed by atoms with Crippen molar-refractivity contribution in [2.45, 2.75) is 70.9 Å². The van der Waals surface area contributed by atoms with E-state index in [2.05, 4.69) is 11.5 Å². The minimum Gasteiger partial charge on any atom is -0.446 e. The third-order valence-electron chi connectivity index (χ3n) is 7.67. The molecule has 3 amide bonds. The van der Waals surface area contributed by atoms with E-state index in [4.69, 9.17) is 4.74 Å². The van der Waals surface area contributed by atoms with Gasteiger partial charge >= 0.3 is 6.09 Å². The summed E-state index contributed by atoms with van der Waals surface area (Å²) in [5.41, 5.74) is 5.98. The van der Waals surface area contributed by atoms with Gasteiger partial charge in [-0.15, -0.1) is 0 Å². The van der Waals surface area contributed by atoms with Crippen LogP contribution in [0.5, 0.6) is 0 Å². The number of rotatable bonds is 5. The summed E-state index contributed by atoms with van der Waals surface area (Å²) in [4.78, 5) is 44.4. The molecule has 1 unspecified atom stereocenters. The number of amides is 3. The second kappa shape index (κ2) is 10.4. The molecule has 9 nitrogen and oxygen atoms in total. The average molecular weight is 498 g/mol. The number of hydrazine groups is 1. The van der Waals surface area contributed by atoms with E-state index in [-0.39, 0.29) is 41.9 Å². The minimum absolute atomic E-state index is 0.0965. The van der Waals surface area contributed by atoms with Crippen LogP contribution in [-0.2, 0) is 14.3 Å². The Morgan fingerprint density at radius 2 is 1.81 bits per heavy atom. The van der Waals surface area contributed by atoms with Crippen molar-refractivity contribution in [3.8, 4) is 0 Å². The molecule has 0 bridgehead atoms. The topological polar surface area (TPSA) is 85.4 Å². The number of benzene rings is 1. The summed E-state index contributed by atoms with van der Waals surface area (Å²) < 4.78 is 5.56. The van der Waals surface area contributed by atoms with E-state index >= 15 is 0 Å². The highest BCUT2D eigenvalue weighted by Crippen LogP contribution is 2.42. The molecule has 0 aromatic heterocycles. The van der Waals surface area contributed by atoms with Crippen LogP contribution < -0.4 is 15.2 Å². The molecule has 1 aromatic rings. The van der Waals surface area contributed by atoms with Gasteiger partial charge < -0.3 is 14.5 Å². The smallest absolute Gasteiger partial charge is 0.414 e. The number of hydrogen-bond acceptors (Lipinski definition) is 6. The summed E-state index contributed by atoms with van der Waals surface area (Å²) in [5.74, 6) is 0.607. The third-order valence-corrected chi connectivity index (χ3v) is 7.67. The highest BCUT2D eigenvalue weighted by atomic mass is 16.6. The molecule has 36 heavy (non-hydrogen) atoms. The van der Waals surface area contributed by atoms with E-state index in [1.807, 2.05) is 47.7 Å². The second-order valence-electron chi connectivity index (χ2n) is 11.0. The Morgan fingerprint density at radius 3 is 2.50 bits per heavy atom. The second-order valence-corrected chi connectivity index (χ2v) is 11.0. The van der Waals surface area contributed by atoms with Crippen LogP contribution >= 0.6 is 0 Å². The Balaban J connectivity index is 1.35. The summed E-state index contributed by atoms with van der Waals surface area (Å²) in [5, 5.41) is 2.01. The lowest BCUT2D eigenvalue weighted by molar-refractivity contribution is -0.133. The molecule has 3 fully saturated rings. The van der Waals surface area contributed by atoms with Gasteiger partial charge in [-0.05, 0) is 70.6 Å². The summed E-state index contributed by atoms with van der Waals surface area (Å²) in [6, 6.07) is 5.97. The van der Waals surface area contributed by atoms with Crippen LogP contribution in [0.3, 0.4) is 0 Å². The van der Waals surface area contributed by atoms with E-state index in [1.165, 1.54) is 6.42 Å². The summed E-state index contributed by atoms with van der Waals surface area (Å²) in [6.45, 7) is 9.61. The fourth-order valence-electron chi connectivity index (χ4n) is 5.58. The lowest BCUT2D eigenvalue weighted by Gasteiger charge is -2.41. The number of anilines is 2. The average Bonchev–Trinajstić information content (AvgIpc) is 3.62. The molecule has 5 rings (SSSR count). The fraction of sp³-hybridized carbons (Fsp3) is 0.667. The number of nitrogens with one attached hydrogen (secondary N) is 1. The number of nitrogens with zero attached hydrogens (tertiary/aromatic N) is 4. The van der Waals surface area contributed by atoms with Crippen molar-refractivity contribution in [3.63, 3.8) is 0 Å². The van der Waals surface area contributed by atoms with Gasteiger partial charge in [0.2, 0.25) is 11.8 Å². The molecule has 1 aliphatic carbocycles. The maximum Gasteiger partial charge on any atom is 0.414 e. The standard InChI is InChI=1S/C27H39N5O4/c1-18(2)36-27(35)31-15-19(3)32(26(34)20-7-8-20)23-10-9-21(13-24(23)31)22-14-28-30(16-22)17-25(33)29-11-5-4-6-12-29/h9-10,13,18-20,22,28H,4-8,11-12,14-17H2,1-3H3/t19-,22?/m0/s1. The number of fused-ring (bicyclic) bond motifs is 1. The normalized spacial score (nSPS) is 24.7. The van der Waals surface area contributed by atoms with Crippen molar-refractivity contribution in [2.75, 3.05) is 49.1 Å². The van der Waals surface area contributed by atoms with Gasteiger partial charge in [-0.25, -0.2) is 9.80 Å². The predicted octanol–water partition coefficient (Wildman–Crippen LogP) is 3.10. The zero-order valence-electron chi connectivity index (χ0n) is 21.7. The van der Waals surface area contributed by atoms with Gasteiger partial charge in [0.1, 0.15) is 0 Å². The fourth-order valence-corrected chi connectivity index (χ4v) is 5.58. The molecule has 9 heteroatoms. The molecule has 1 saturated carbocycles. The Kier molecular flexibility index (Phi) is 7.21. The third kappa shape index (κ3) is 5.22. The molecule has 0 spiro atoms. The van der Waals surface area contributed by atoms with Gasteiger partial charge in [0.15, 0.2) is 0 Å². The Labute approximate surface area is 213 Å². The first-order valence-corrected chi connectivity index (χ1v) is 13.5. The van der Waals surface area contributed by atoms with Gasteiger partial charge in [-0.1, -0.05) is 6.07 Å². The summed E-state index contributed by atoms with van der Waals surface area (Å²) in [7, 11) is 0. The number of carbonyl (C=O) groups excluding carboxylic acids is 3. The van der Waals surface area contributed by atoms with Gasteiger partial charge in [0, 0.05) is 44.6 Å². The van der Waals surface area contributed by atoms with Crippen molar-refractivity contribution >= 4 is 29.3 Å². The zero-order chi connectivity index (χ0) is 25.4. The van der Waals surface area contributed by atoms with Crippen molar-refractivity contribution in [2.24, 2.45) is 5.92 Å². The number of ether oxygens (including phenoxy) is 1. The minimum atomic E-state index is -0.382. The Hall–Kier alpha value is -2.65. The van der Waals surface area contributed by atoms with Crippen molar-refractivity contribution < 1.29 is 19.1 Å². The molecular weight excluding hydrogens is 458 g/mol. The number of piperidine rings is 1. The SMILES string of the molecule is CC(C)OC(=O)N1C[C@H](C)N(C(=O)C2CC2)c2ccc(C3CNN(CC(=O)N4CCCCC4)C3)cc21. The van der Waals surface area contributed by atoms with Crippen LogP contribution in [-0.4, -0.2) is 79.2 Å². The first-order chi connectivity index (χ1) is 17.3. The zero-order valence-corrected chi connectivity index (χ0v) is 21.7. The molecule has 3 heterocycles. The largest absolute Gasteiger partial charge is 0.446 e. The quantitative estimate of drug-likeness (QED) is 0.673. The van der Waals surface area contributed by atoms with Crippen molar-refractivity contribution in [1.29, 1.82) is 0 Å². The van der Waals surface area contributed by atoms with Crippen LogP contribution in [0.2, 0.25) is 0 Å². The van der Waals surface area contributed by atoms with Crippen molar-refractivity contribution in [1.82, 2.24) is 15.3 Å². The summed E-state index contributed by atoms with van der Waals surface area (Å²) in [6.07, 6.45) is 4.65. The van der Waals surface area contributed by atoms with Gasteiger partial charge in [0.25, 0.3) is 0 Å². The lowest BCUT2D eigenvalue weighted by atomic mass is 9.96. The van der Waals surface area contributed by atoms with Gasteiger partial charge in [0.05, 0.1) is 30.1 Å². The molecule has 4 aliphatic rings. The number of carbonyl (C=O) groups is 3. The predicted molar refractivity (Wildman–Crippen MR) is 138 cm³/mol. The van der Waals surface area contributed by atoms with Gasteiger partial charge in [-0.3, -0.25) is 19.9 Å². The van der Waals surface area contributed by atoms with Crippen LogP contribution in [0.4, 0.5) is 16.2 Å². The highest BCUT2D eigenvalue weighted by Gasteiger charge is 2.42. The van der Waals surface area contributed by atoms with E-state index < -0.39 is 0 Å². The lowest BCUT2D eigenvalue weighted by Crippen LogP contribution is -2.52. The van der Waals surface area contributed by atoms with Crippen LogP contribution in [0.1, 0.15) is 64.4 Å². The van der Waals surface area contributed by atoms with E-state index in [0.29, 0.717) is 13.1 Å². The molecule has 196 valence electrons. The molecular formula is C27H39N5O4. The maximum atomic E-state index is 13.1. The van der Waals surface area contributed by atoms with Crippen LogP contribution in [0.25, 0.3) is 0 Å². The Bertz CT molecular complexity index is 1000. The van der Waals surface area contributed by atoms with Crippen molar-refractivity contribution in [3.05, 3.63) is 23.8 Å². The highest BCUT2D eigenvalue weighted by molar-refractivity contribution is 6.04.